The van der Waals surface area contributed by atoms with Crippen LogP contribution in [0, 0.1) is 5.92 Å². The molecule has 4 heteroatoms. The van der Waals surface area contributed by atoms with Crippen molar-refractivity contribution in [2.75, 3.05) is 25.1 Å². The van der Waals surface area contributed by atoms with E-state index in [-0.39, 0.29) is 5.75 Å². The lowest BCUT2D eigenvalue weighted by Gasteiger charge is -2.10. The fraction of sp³-hybridized carbons (Fsp3) is 1.00. The Morgan fingerprint density at radius 3 is 2.46 bits per heavy atom. The molecule has 0 saturated heterocycles. The van der Waals surface area contributed by atoms with Crippen LogP contribution in [0.2, 0.25) is 0 Å². The van der Waals surface area contributed by atoms with Gasteiger partial charge in [0.25, 0.3) is 0 Å². The van der Waals surface area contributed by atoms with Gasteiger partial charge in [-0.25, -0.2) is 8.42 Å². The molecule has 1 N–H and O–H groups in total. The molecular formula is C9H21NO2S. The van der Waals surface area contributed by atoms with Crippen molar-refractivity contribution < 1.29 is 8.42 Å². The van der Waals surface area contributed by atoms with E-state index in [9.17, 15) is 8.42 Å². The predicted octanol–water partition coefficient (Wildman–Crippen LogP) is 1.06. The summed E-state index contributed by atoms with van der Waals surface area (Å²) in [6.45, 7) is 5.83. The van der Waals surface area contributed by atoms with Crippen molar-refractivity contribution >= 4 is 9.84 Å². The largest absolute Gasteiger partial charge is 0.315 e. The lowest BCUT2D eigenvalue weighted by molar-refractivity contribution is 0.483. The SMILES string of the molecule is CCCC(C)CNCCS(C)(=O)=O. The first-order chi connectivity index (χ1) is 5.95. The van der Waals surface area contributed by atoms with Gasteiger partial charge < -0.3 is 5.32 Å². The Labute approximate surface area is 81.8 Å². The molecule has 0 aliphatic rings. The van der Waals surface area contributed by atoms with Crippen molar-refractivity contribution in [1.29, 1.82) is 0 Å². The van der Waals surface area contributed by atoms with Crippen LogP contribution in [0.5, 0.6) is 0 Å². The maximum Gasteiger partial charge on any atom is 0.148 e. The number of sulfone groups is 1. The third-order valence-corrected chi connectivity index (χ3v) is 2.87. The second kappa shape index (κ2) is 6.38. The molecule has 0 radical (unpaired) electrons. The van der Waals surface area contributed by atoms with Gasteiger partial charge in [-0.15, -0.1) is 0 Å². The van der Waals surface area contributed by atoms with E-state index in [0.717, 1.165) is 6.54 Å². The Morgan fingerprint density at radius 1 is 1.38 bits per heavy atom. The number of nitrogens with one attached hydrogen (secondary N) is 1. The second-order valence-electron chi connectivity index (χ2n) is 3.73. The van der Waals surface area contributed by atoms with E-state index in [4.69, 9.17) is 0 Å². The van der Waals surface area contributed by atoms with Gasteiger partial charge in [0.05, 0.1) is 5.75 Å². The summed E-state index contributed by atoms with van der Waals surface area (Å²) in [6, 6.07) is 0. The van der Waals surface area contributed by atoms with E-state index in [2.05, 4.69) is 19.2 Å². The minimum Gasteiger partial charge on any atom is -0.315 e. The smallest absolute Gasteiger partial charge is 0.148 e. The maximum absolute atomic E-state index is 10.8. The third kappa shape index (κ3) is 9.83. The summed E-state index contributed by atoms with van der Waals surface area (Å²) < 4.78 is 21.5. The first kappa shape index (κ1) is 12.9. The van der Waals surface area contributed by atoms with Crippen LogP contribution in [0.15, 0.2) is 0 Å². The normalized spacial score (nSPS) is 14.4. The van der Waals surface area contributed by atoms with Crippen LogP contribution in [0.4, 0.5) is 0 Å². The average molecular weight is 207 g/mol. The minimum atomic E-state index is -2.80. The van der Waals surface area contributed by atoms with Crippen molar-refractivity contribution in [1.82, 2.24) is 5.32 Å². The van der Waals surface area contributed by atoms with Crippen LogP contribution in [0.1, 0.15) is 26.7 Å². The van der Waals surface area contributed by atoms with Gasteiger partial charge in [0.15, 0.2) is 0 Å². The highest BCUT2D eigenvalue weighted by Gasteiger charge is 2.02. The van der Waals surface area contributed by atoms with Gasteiger partial charge in [-0.1, -0.05) is 20.3 Å². The molecule has 0 aromatic heterocycles. The standard InChI is InChI=1S/C9H21NO2S/c1-4-5-9(2)8-10-6-7-13(3,11)12/h9-10H,4-8H2,1-3H3. The van der Waals surface area contributed by atoms with Crippen LogP contribution >= 0.6 is 0 Å². The molecular weight excluding hydrogens is 186 g/mol. The molecule has 0 bridgehead atoms. The first-order valence-electron chi connectivity index (χ1n) is 4.84. The molecule has 1 unspecified atom stereocenters. The van der Waals surface area contributed by atoms with E-state index in [1.807, 2.05) is 0 Å². The lowest BCUT2D eigenvalue weighted by atomic mass is 10.1. The average Bonchev–Trinajstić information content (AvgIpc) is 1.97. The maximum atomic E-state index is 10.8. The lowest BCUT2D eigenvalue weighted by Crippen LogP contribution is -2.26. The molecule has 3 nitrogen and oxygen atoms in total. The number of hydrogen-bond donors (Lipinski definition) is 1. The predicted molar refractivity (Wildman–Crippen MR) is 56.7 cm³/mol. The molecule has 0 spiro atoms. The Bertz CT molecular complexity index is 212. The topological polar surface area (TPSA) is 46.2 Å². The zero-order chi connectivity index (χ0) is 10.3. The molecule has 0 aromatic rings. The summed E-state index contributed by atoms with van der Waals surface area (Å²) in [4.78, 5) is 0. The number of hydrogen-bond acceptors (Lipinski definition) is 3. The third-order valence-electron chi connectivity index (χ3n) is 1.92. The summed E-state index contributed by atoms with van der Waals surface area (Å²) in [5.74, 6) is 0.885. The summed E-state index contributed by atoms with van der Waals surface area (Å²) in [6.07, 6.45) is 3.66. The highest BCUT2D eigenvalue weighted by Crippen LogP contribution is 2.02. The van der Waals surface area contributed by atoms with Crippen LogP contribution in [0.3, 0.4) is 0 Å². The van der Waals surface area contributed by atoms with Gasteiger partial charge in [0.2, 0.25) is 0 Å². The molecule has 0 heterocycles. The molecule has 0 saturated carbocycles. The van der Waals surface area contributed by atoms with E-state index in [1.54, 1.807) is 0 Å². The Hall–Kier alpha value is -0.0900. The Kier molecular flexibility index (Phi) is 6.33. The molecule has 0 aliphatic carbocycles. The quantitative estimate of drug-likeness (QED) is 0.635. The van der Waals surface area contributed by atoms with Crippen molar-refractivity contribution in [3.05, 3.63) is 0 Å². The summed E-state index contributed by atoms with van der Waals surface area (Å²) >= 11 is 0. The summed E-state index contributed by atoms with van der Waals surface area (Å²) in [5.41, 5.74) is 0. The molecule has 80 valence electrons. The zero-order valence-corrected chi connectivity index (χ0v) is 9.65. The summed E-state index contributed by atoms with van der Waals surface area (Å²) in [5, 5.41) is 3.15. The number of rotatable bonds is 7. The molecule has 0 fully saturated rings. The Balaban J connectivity index is 3.36. The van der Waals surface area contributed by atoms with Crippen LogP contribution < -0.4 is 5.32 Å². The molecule has 0 amide bonds. The van der Waals surface area contributed by atoms with Gasteiger partial charge in [-0.3, -0.25) is 0 Å². The molecule has 0 aromatic carbocycles. The molecule has 0 aliphatic heterocycles. The van der Waals surface area contributed by atoms with Crippen LogP contribution in [0.25, 0.3) is 0 Å². The second-order valence-corrected chi connectivity index (χ2v) is 5.99. The van der Waals surface area contributed by atoms with Gasteiger partial charge >= 0.3 is 0 Å². The fourth-order valence-corrected chi connectivity index (χ4v) is 1.72. The van der Waals surface area contributed by atoms with Crippen molar-refractivity contribution in [3.8, 4) is 0 Å². The van der Waals surface area contributed by atoms with Crippen LogP contribution in [-0.2, 0) is 9.84 Å². The van der Waals surface area contributed by atoms with E-state index < -0.39 is 9.84 Å². The highest BCUT2D eigenvalue weighted by molar-refractivity contribution is 7.90. The molecule has 13 heavy (non-hydrogen) atoms. The van der Waals surface area contributed by atoms with E-state index >= 15 is 0 Å². The molecule has 1 atom stereocenters. The first-order valence-corrected chi connectivity index (χ1v) is 6.90. The van der Waals surface area contributed by atoms with E-state index in [0.29, 0.717) is 12.5 Å². The summed E-state index contributed by atoms with van der Waals surface area (Å²) in [7, 11) is -2.80. The minimum absolute atomic E-state index is 0.242. The van der Waals surface area contributed by atoms with Gasteiger partial charge in [-0.05, 0) is 18.9 Å². The van der Waals surface area contributed by atoms with Crippen molar-refractivity contribution in [2.45, 2.75) is 26.7 Å². The molecule has 0 rings (SSSR count). The fourth-order valence-electron chi connectivity index (χ4n) is 1.20. The van der Waals surface area contributed by atoms with Crippen LogP contribution in [-0.4, -0.2) is 33.5 Å². The Morgan fingerprint density at radius 2 is 2.00 bits per heavy atom. The van der Waals surface area contributed by atoms with Gasteiger partial charge in [0.1, 0.15) is 9.84 Å². The van der Waals surface area contributed by atoms with Gasteiger partial charge in [-0.2, -0.15) is 0 Å². The highest BCUT2D eigenvalue weighted by atomic mass is 32.2. The van der Waals surface area contributed by atoms with Gasteiger partial charge in [0, 0.05) is 12.8 Å². The van der Waals surface area contributed by atoms with E-state index in [1.165, 1.54) is 19.1 Å². The monoisotopic (exact) mass is 207 g/mol. The zero-order valence-electron chi connectivity index (χ0n) is 8.84. The van der Waals surface area contributed by atoms with Crippen molar-refractivity contribution in [2.24, 2.45) is 5.92 Å². The van der Waals surface area contributed by atoms with Crippen molar-refractivity contribution in [3.63, 3.8) is 0 Å².